The van der Waals surface area contributed by atoms with Crippen LogP contribution in [0.5, 0.6) is 0 Å². The van der Waals surface area contributed by atoms with E-state index in [2.05, 4.69) is 59.5 Å². The van der Waals surface area contributed by atoms with E-state index in [1.165, 1.54) is 11.4 Å². The van der Waals surface area contributed by atoms with Crippen LogP contribution in [0.1, 0.15) is 54.4 Å². The van der Waals surface area contributed by atoms with Crippen molar-refractivity contribution in [2.45, 2.75) is 67.5 Å². The van der Waals surface area contributed by atoms with Gasteiger partial charge in [-0.2, -0.15) is 0 Å². The summed E-state index contributed by atoms with van der Waals surface area (Å²) in [6.45, 7) is 21.6. The molecule has 0 atom stereocenters. The number of hydrogen-bond donors (Lipinski definition) is 0. The predicted molar refractivity (Wildman–Crippen MR) is 116 cm³/mol. The van der Waals surface area contributed by atoms with E-state index in [9.17, 15) is 0 Å². The molecular weight excluding hydrogens is 326 g/mol. The van der Waals surface area contributed by atoms with Crippen molar-refractivity contribution in [3.05, 3.63) is 0 Å². The Morgan fingerprint density at radius 3 is 1.60 bits per heavy atom. The molecule has 148 valence electrons. The minimum absolute atomic E-state index is 0.679. The molecule has 0 aromatic carbocycles. The Bertz CT molecular complexity index is 387. The van der Waals surface area contributed by atoms with E-state index in [-0.39, 0.29) is 0 Å². The molecule has 0 N–H and O–H groups in total. The molecule has 0 aliphatic carbocycles. The second-order valence-electron chi connectivity index (χ2n) is 8.67. The molecule has 0 amide bonds. The SMILES string of the molecule is CO[Si](C)(C)CN(CCN=C(C)CC(C)C)CCN=C(C)CC(C)C. The van der Waals surface area contributed by atoms with Gasteiger partial charge >= 0.3 is 0 Å². The zero-order valence-electron chi connectivity index (χ0n) is 18.4. The fourth-order valence-corrected chi connectivity index (χ4v) is 4.47. The number of hydrogen-bond acceptors (Lipinski definition) is 4. The summed E-state index contributed by atoms with van der Waals surface area (Å²) in [4.78, 5) is 12.0. The van der Waals surface area contributed by atoms with Gasteiger partial charge in [-0.1, -0.05) is 27.7 Å². The van der Waals surface area contributed by atoms with Gasteiger partial charge in [0.2, 0.25) is 0 Å². The first kappa shape index (κ1) is 24.5. The number of aliphatic imine (C=N–C) groups is 2. The third-order valence-electron chi connectivity index (χ3n) is 4.16. The Morgan fingerprint density at radius 2 is 1.28 bits per heavy atom. The predicted octanol–water partition coefficient (Wildman–Crippen LogP) is 4.69. The van der Waals surface area contributed by atoms with Gasteiger partial charge in [-0.3, -0.25) is 9.98 Å². The van der Waals surface area contributed by atoms with Crippen molar-refractivity contribution in [1.82, 2.24) is 4.90 Å². The molecule has 25 heavy (non-hydrogen) atoms. The molecular formula is C20H43N3OSi. The van der Waals surface area contributed by atoms with Gasteiger partial charge < -0.3 is 9.33 Å². The lowest BCUT2D eigenvalue weighted by Gasteiger charge is -2.29. The first-order valence-corrected chi connectivity index (χ1v) is 12.9. The molecule has 0 spiro atoms. The van der Waals surface area contributed by atoms with Gasteiger partial charge in [0.25, 0.3) is 0 Å². The minimum atomic E-state index is -1.62. The lowest BCUT2D eigenvalue weighted by Crippen LogP contribution is -2.46. The smallest absolute Gasteiger partial charge is 0.199 e. The van der Waals surface area contributed by atoms with Crippen LogP contribution in [-0.4, -0.2) is 64.1 Å². The van der Waals surface area contributed by atoms with Gasteiger partial charge in [0.15, 0.2) is 8.32 Å². The van der Waals surface area contributed by atoms with E-state index >= 15 is 0 Å². The van der Waals surface area contributed by atoms with Crippen molar-refractivity contribution in [2.24, 2.45) is 21.8 Å². The molecule has 0 heterocycles. The molecule has 0 aromatic heterocycles. The minimum Gasteiger partial charge on any atom is -0.419 e. The van der Waals surface area contributed by atoms with E-state index in [4.69, 9.17) is 14.4 Å². The van der Waals surface area contributed by atoms with Crippen molar-refractivity contribution in [3.8, 4) is 0 Å². The highest BCUT2D eigenvalue weighted by Gasteiger charge is 2.24. The van der Waals surface area contributed by atoms with Crippen LogP contribution in [-0.2, 0) is 4.43 Å². The summed E-state index contributed by atoms with van der Waals surface area (Å²) in [5.74, 6) is 1.36. The van der Waals surface area contributed by atoms with Crippen molar-refractivity contribution in [2.75, 3.05) is 39.5 Å². The molecule has 0 saturated carbocycles. The van der Waals surface area contributed by atoms with Crippen molar-refractivity contribution >= 4 is 19.7 Å². The molecule has 0 radical (unpaired) electrons. The monoisotopic (exact) mass is 369 g/mol. The largest absolute Gasteiger partial charge is 0.419 e. The van der Waals surface area contributed by atoms with Gasteiger partial charge in [0, 0.05) is 37.8 Å². The van der Waals surface area contributed by atoms with Crippen LogP contribution in [0.15, 0.2) is 9.98 Å². The third kappa shape index (κ3) is 14.3. The fraction of sp³-hybridized carbons (Fsp3) is 0.900. The van der Waals surface area contributed by atoms with Gasteiger partial charge in [0.1, 0.15) is 0 Å². The lowest BCUT2D eigenvalue weighted by molar-refractivity contribution is 0.299. The van der Waals surface area contributed by atoms with E-state index in [1.807, 2.05) is 7.11 Å². The maximum atomic E-state index is 5.75. The topological polar surface area (TPSA) is 37.2 Å². The highest BCUT2D eigenvalue weighted by atomic mass is 28.4. The van der Waals surface area contributed by atoms with Crippen LogP contribution < -0.4 is 0 Å². The van der Waals surface area contributed by atoms with Crippen molar-refractivity contribution in [3.63, 3.8) is 0 Å². The zero-order valence-corrected chi connectivity index (χ0v) is 19.4. The summed E-state index contributed by atoms with van der Waals surface area (Å²) in [7, 11) is 0.229. The average molecular weight is 370 g/mol. The summed E-state index contributed by atoms with van der Waals surface area (Å²) in [6.07, 6.45) is 3.23. The van der Waals surface area contributed by atoms with E-state index in [0.29, 0.717) is 11.8 Å². The maximum Gasteiger partial charge on any atom is 0.199 e. The molecule has 0 bridgehead atoms. The molecule has 4 nitrogen and oxygen atoms in total. The van der Waals surface area contributed by atoms with Crippen LogP contribution in [0.3, 0.4) is 0 Å². The number of nitrogens with zero attached hydrogens (tertiary/aromatic N) is 3. The van der Waals surface area contributed by atoms with Crippen LogP contribution >= 0.6 is 0 Å². The molecule has 5 heteroatoms. The highest BCUT2D eigenvalue weighted by molar-refractivity contribution is 6.71. The molecule has 0 aromatic rings. The molecule has 0 unspecified atom stereocenters. The summed E-state index contributed by atoms with van der Waals surface area (Å²) in [5.41, 5.74) is 2.54. The maximum absolute atomic E-state index is 5.75. The summed E-state index contributed by atoms with van der Waals surface area (Å²) in [5, 5.41) is 0. The first-order valence-electron chi connectivity index (χ1n) is 9.83. The van der Waals surface area contributed by atoms with E-state index in [1.54, 1.807) is 0 Å². The standard InChI is InChI=1S/C20H43N3OSi/c1-17(2)14-19(5)21-10-12-23(16-25(8,9)24-7)13-11-22-20(6)15-18(3)4/h17-18H,10-16H2,1-9H3. The summed E-state index contributed by atoms with van der Waals surface area (Å²) in [6, 6.07) is 0. The van der Waals surface area contributed by atoms with Crippen LogP contribution in [0.25, 0.3) is 0 Å². The summed E-state index contributed by atoms with van der Waals surface area (Å²) < 4.78 is 5.75. The molecule has 0 aliphatic rings. The zero-order chi connectivity index (χ0) is 19.5. The van der Waals surface area contributed by atoms with Crippen LogP contribution in [0.4, 0.5) is 0 Å². The van der Waals surface area contributed by atoms with Gasteiger partial charge in [0.05, 0.1) is 13.1 Å². The van der Waals surface area contributed by atoms with Crippen molar-refractivity contribution < 1.29 is 4.43 Å². The Kier molecular flexibility index (Phi) is 12.5. The lowest BCUT2D eigenvalue weighted by atomic mass is 10.1. The third-order valence-corrected chi connectivity index (χ3v) is 6.47. The van der Waals surface area contributed by atoms with Crippen molar-refractivity contribution in [1.29, 1.82) is 0 Å². The van der Waals surface area contributed by atoms with E-state index in [0.717, 1.165) is 45.2 Å². The second-order valence-corrected chi connectivity index (χ2v) is 12.9. The first-order chi connectivity index (χ1) is 11.6. The Hall–Kier alpha value is -0.523. The molecule has 0 fully saturated rings. The average Bonchev–Trinajstić information content (AvgIpc) is 2.45. The van der Waals surface area contributed by atoms with Gasteiger partial charge in [-0.05, 0) is 51.6 Å². The second kappa shape index (κ2) is 12.8. The summed E-state index contributed by atoms with van der Waals surface area (Å²) >= 11 is 0. The van der Waals surface area contributed by atoms with Gasteiger partial charge in [-0.15, -0.1) is 0 Å². The molecule has 0 saturated heterocycles. The Labute approximate surface area is 158 Å². The van der Waals surface area contributed by atoms with Crippen LogP contribution in [0.2, 0.25) is 13.1 Å². The fourth-order valence-electron chi connectivity index (χ4n) is 2.95. The number of rotatable bonds is 13. The molecule has 0 aliphatic heterocycles. The Morgan fingerprint density at radius 1 is 0.880 bits per heavy atom. The Balaban J connectivity index is 4.61. The van der Waals surface area contributed by atoms with Crippen LogP contribution in [0, 0.1) is 11.8 Å². The molecule has 0 rings (SSSR count). The van der Waals surface area contributed by atoms with E-state index < -0.39 is 8.32 Å². The highest BCUT2D eigenvalue weighted by Crippen LogP contribution is 2.07. The normalized spacial score (nSPS) is 14.2. The quantitative estimate of drug-likeness (QED) is 0.349. The van der Waals surface area contributed by atoms with Gasteiger partial charge in [-0.25, -0.2) is 0 Å².